The number of halogens is 1. The first kappa shape index (κ1) is 15.1. The first-order valence-corrected chi connectivity index (χ1v) is 9.09. The molecule has 1 aromatic heterocycles. The van der Waals surface area contributed by atoms with Crippen LogP contribution in [0.1, 0.15) is 36.4 Å². The zero-order valence-electron chi connectivity index (χ0n) is 11.3. The van der Waals surface area contributed by atoms with Crippen LogP contribution < -0.4 is 5.32 Å². The molecule has 0 saturated heterocycles. The van der Waals surface area contributed by atoms with Crippen molar-refractivity contribution in [3.05, 3.63) is 50.6 Å². The van der Waals surface area contributed by atoms with Crippen LogP contribution in [0.5, 0.6) is 0 Å². The van der Waals surface area contributed by atoms with Gasteiger partial charge in [-0.2, -0.15) is 0 Å². The fourth-order valence-electron chi connectivity index (χ4n) is 2.01. The Hall–Kier alpha value is -0.290. The van der Waals surface area contributed by atoms with Gasteiger partial charge in [0.1, 0.15) is 0 Å². The summed E-state index contributed by atoms with van der Waals surface area (Å²) >= 11 is 7.08. The highest BCUT2D eigenvalue weighted by molar-refractivity contribution is 9.11. The molecule has 2 atom stereocenters. The van der Waals surface area contributed by atoms with Gasteiger partial charge in [-0.25, -0.2) is 0 Å². The van der Waals surface area contributed by atoms with Gasteiger partial charge in [0.2, 0.25) is 0 Å². The van der Waals surface area contributed by atoms with E-state index in [2.05, 4.69) is 77.7 Å². The highest BCUT2D eigenvalue weighted by atomic mass is 79.9. The summed E-state index contributed by atoms with van der Waals surface area (Å²) in [5.74, 6) is 0. The molecule has 1 aromatic carbocycles. The minimum atomic E-state index is 0.354. The quantitative estimate of drug-likeness (QED) is 0.696. The fraction of sp³-hybridized carbons (Fsp3) is 0.333. The van der Waals surface area contributed by atoms with E-state index in [1.54, 1.807) is 23.1 Å². The molecule has 1 nitrogen and oxygen atoms in total. The lowest BCUT2D eigenvalue weighted by Crippen LogP contribution is -2.21. The molecule has 2 unspecified atom stereocenters. The standard InChI is InChI=1S/C15H18BrNS2/c1-10(12-4-6-13(18-3)7-5-12)17-11(2)14-8-9-15(16)19-14/h4-11,17H,1-3H3. The van der Waals surface area contributed by atoms with Crippen LogP contribution in [0.4, 0.5) is 0 Å². The van der Waals surface area contributed by atoms with E-state index >= 15 is 0 Å². The van der Waals surface area contributed by atoms with Crippen LogP contribution in [0, 0.1) is 0 Å². The monoisotopic (exact) mass is 355 g/mol. The SMILES string of the molecule is CSc1ccc(C(C)NC(C)c2ccc(Br)s2)cc1. The molecule has 0 aliphatic heterocycles. The van der Waals surface area contributed by atoms with E-state index in [0.717, 1.165) is 0 Å². The van der Waals surface area contributed by atoms with E-state index in [1.165, 1.54) is 19.1 Å². The number of hydrogen-bond donors (Lipinski definition) is 1. The molecule has 1 heterocycles. The van der Waals surface area contributed by atoms with Gasteiger partial charge >= 0.3 is 0 Å². The maximum Gasteiger partial charge on any atom is 0.0701 e. The Morgan fingerprint density at radius 1 is 1.05 bits per heavy atom. The molecule has 0 aliphatic carbocycles. The second kappa shape index (κ2) is 6.93. The Morgan fingerprint density at radius 3 is 2.26 bits per heavy atom. The van der Waals surface area contributed by atoms with Gasteiger partial charge in [-0.05, 0) is 65.9 Å². The fourth-order valence-corrected chi connectivity index (χ4v) is 3.85. The molecule has 0 bridgehead atoms. The number of rotatable bonds is 5. The van der Waals surface area contributed by atoms with E-state index in [-0.39, 0.29) is 0 Å². The van der Waals surface area contributed by atoms with Crippen molar-refractivity contribution < 1.29 is 0 Å². The highest BCUT2D eigenvalue weighted by Crippen LogP contribution is 2.29. The van der Waals surface area contributed by atoms with E-state index in [4.69, 9.17) is 0 Å². The van der Waals surface area contributed by atoms with Gasteiger partial charge in [-0.15, -0.1) is 23.1 Å². The molecule has 102 valence electrons. The highest BCUT2D eigenvalue weighted by Gasteiger charge is 2.12. The van der Waals surface area contributed by atoms with E-state index in [0.29, 0.717) is 12.1 Å². The third-order valence-corrected chi connectivity index (χ3v) is 5.69. The van der Waals surface area contributed by atoms with Crippen LogP contribution in [0.15, 0.2) is 45.1 Å². The van der Waals surface area contributed by atoms with E-state index < -0.39 is 0 Å². The van der Waals surface area contributed by atoms with Crippen molar-refractivity contribution in [3.8, 4) is 0 Å². The molecule has 2 aromatic rings. The molecule has 1 N–H and O–H groups in total. The number of thiophene rings is 1. The molecule has 0 saturated carbocycles. The van der Waals surface area contributed by atoms with Gasteiger partial charge in [-0.1, -0.05) is 12.1 Å². The van der Waals surface area contributed by atoms with Gasteiger partial charge in [0, 0.05) is 21.9 Å². The Bertz CT molecular complexity index is 521. The Kier molecular flexibility index (Phi) is 5.51. The van der Waals surface area contributed by atoms with Crippen molar-refractivity contribution in [2.24, 2.45) is 0 Å². The molecule has 0 fully saturated rings. The number of benzene rings is 1. The lowest BCUT2D eigenvalue weighted by atomic mass is 10.1. The summed E-state index contributed by atoms with van der Waals surface area (Å²) in [4.78, 5) is 2.67. The Labute approximate surface area is 131 Å². The number of nitrogens with one attached hydrogen (secondary N) is 1. The predicted octanol–water partition coefficient (Wildman–Crippen LogP) is 5.64. The molecule has 4 heteroatoms. The van der Waals surface area contributed by atoms with Crippen LogP contribution in [-0.2, 0) is 0 Å². The van der Waals surface area contributed by atoms with Gasteiger partial charge < -0.3 is 5.32 Å². The predicted molar refractivity (Wildman–Crippen MR) is 90.2 cm³/mol. The summed E-state index contributed by atoms with van der Waals surface area (Å²) < 4.78 is 1.19. The minimum absolute atomic E-state index is 0.354. The smallest absolute Gasteiger partial charge is 0.0701 e. The molecule has 0 radical (unpaired) electrons. The van der Waals surface area contributed by atoms with Crippen LogP contribution in [0.25, 0.3) is 0 Å². The van der Waals surface area contributed by atoms with Crippen molar-refractivity contribution in [1.82, 2.24) is 5.32 Å². The lowest BCUT2D eigenvalue weighted by Gasteiger charge is -2.19. The molecular weight excluding hydrogens is 338 g/mol. The van der Waals surface area contributed by atoms with Gasteiger partial charge in [0.05, 0.1) is 3.79 Å². The second-order valence-electron chi connectivity index (χ2n) is 4.53. The van der Waals surface area contributed by atoms with Crippen molar-refractivity contribution in [2.75, 3.05) is 6.26 Å². The Morgan fingerprint density at radius 2 is 1.74 bits per heavy atom. The zero-order valence-corrected chi connectivity index (χ0v) is 14.5. The second-order valence-corrected chi connectivity index (χ2v) is 7.90. The van der Waals surface area contributed by atoms with Crippen LogP contribution in [0.3, 0.4) is 0 Å². The Balaban J connectivity index is 2.01. The summed E-state index contributed by atoms with van der Waals surface area (Å²) in [6.45, 7) is 4.43. The summed E-state index contributed by atoms with van der Waals surface area (Å²) in [6, 6.07) is 13.8. The van der Waals surface area contributed by atoms with Gasteiger partial charge in [0.15, 0.2) is 0 Å². The van der Waals surface area contributed by atoms with Crippen molar-refractivity contribution in [2.45, 2.75) is 30.8 Å². The van der Waals surface area contributed by atoms with Crippen molar-refractivity contribution >= 4 is 39.0 Å². The number of thioether (sulfide) groups is 1. The summed E-state index contributed by atoms with van der Waals surface area (Å²) in [5.41, 5.74) is 1.33. The molecule has 19 heavy (non-hydrogen) atoms. The van der Waals surface area contributed by atoms with Gasteiger partial charge in [0.25, 0.3) is 0 Å². The average Bonchev–Trinajstić information content (AvgIpc) is 2.85. The third kappa shape index (κ3) is 4.09. The number of hydrogen-bond acceptors (Lipinski definition) is 3. The molecule has 0 aliphatic rings. The summed E-state index contributed by atoms with van der Waals surface area (Å²) in [5, 5.41) is 3.65. The summed E-state index contributed by atoms with van der Waals surface area (Å²) in [6.07, 6.45) is 2.10. The van der Waals surface area contributed by atoms with Crippen LogP contribution >= 0.6 is 39.0 Å². The summed E-state index contributed by atoms with van der Waals surface area (Å²) in [7, 11) is 0. The van der Waals surface area contributed by atoms with Crippen molar-refractivity contribution in [3.63, 3.8) is 0 Å². The molecule has 2 rings (SSSR count). The van der Waals surface area contributed by atoms with Crippen LogP contribution in [-0.4, -0.2) is 6.26 Å². The maximum absolute atomic E-state index is 3.65. The van der Waals surface area contributed by atoms with Crippen LogP contribution in [0.2, 0.25) is 0 Å². The molecule has 0 spiro atoms. The van der Waals surface area contributed by atoms with Crippen molar-refractivity contribution in [1.29, 1.82) is 0 Å². The van der Waals surface area contributed by atoms with E-state index in [9.17, 15) is 0 Å². The van der Waals surface area contributed by atoms with E-state index in [1.807, 2.05) is 0 Å². The molecule has 0 amide bonds. The first-order chi connectivity index (χ1) is 9.10. The minimum Gasteiger partial charge on any atom is -0.303 e. The third-order valence-electron chi connectivity index (χ3n) is 3.14. The normalized spacial score (nSPS) is 14.3. The first-order valence-electron chi connectivity index (χ1n) is 6.25. The average molecular weight is 356 g/mol. The maximum atomic E-state index is 3.65. The van der Waals surface area contributed by atoms with Gasteiger partial charge in [-0.3, -0.25) is 0 Å². The zero-order chi connectivity index (χ0) is 13.8. The topological polar surface area (TPSA) is 12.0 Å². The largest absolute Gasteiger partial charge is 0.303 e. The molecular formula is C15H18BrNS2. The lowest BCUT2D eigenvalue weighted by molar-refractivity contribution is 0.500.